The number of benzene rings is 1. The van der Waals surface area contributed by atoms with E-state index < -0.39 is 9.84 Å². The minimum absolute atomic E-state index is 0.203. The second-order valence-electron chi connectivity index (χ2n) is 4.14. The molecule has 0 unspecified atom stereocenters. The van der Waals surface area contributed by atoms with E-state index in [-0.39, 0.29) is 11.5 Å². The second kappa shape index (κ2) is 6.05. The first-order chi connectivity index (χ1) is 7.96. The molecule has 0 aliphatic heterocycles. The van der Waals surface area contributed by atoms with Gasteiger partial charge >= 0.3 is 0 Å². The van der Waals surface area contributed by atoms with Crippen LogP contribution >= 0.6 is 0 Å². The van der Waals surface area contributed by atoms with E-state index in [9.17, 15) is 8.42 Å². The van der Waals surface area contributed by atoms with Gasteiger partial charge in [0.1, 0.15) is 15.6 Å². The summed E-state index contributed by atoms with van der Waals surface area (Å²) in [5, 5.41) is 0. The summed E-state index contributed by atoms with van der Waals surface area (Å²) in [5.74, 6) is 1.25. The van der Waals surface area contributed by atoms with Gasteiger partial charge in [-0.3, -0.25) is 0 Å². The Labute approximate surface area is 104 Å². The van der Waals surface area contributed by atoms with Gasteiger partial charge in [0.15, 0.2) is 0 Å². The molecule has 17 heavy (non-hydrogen) atoms. The maximum atomic E-state index is 11.3. The molecule has 0 atom stereocenters. The van der Waals surface area contributed by atoms with Gasteiger partial charge < -0.3 is 4.74 Å². The van der Waals surface area contributed by atoms with Gasteiger partial charge in [-0.2, -0.15) is 0 Å². The van der Waals surface area contributed by atoms with Crippen LogP contribution in [-0.2, 0) is 9.84 Å². The normalized spacial score (nSPS) is 11.5. The van der Waals surface area contributed by atoms with Gasteiger partial charge in [-0.1, -0.05) is 19.1 Å². The van der Waals surface area contributed by atoms with Crippen molar-refractivity contribution in [1.82, 2.24) is 0 Å². The van der Waals surface area contributed by atoms with Crippen LogP contribution in [0.3, 0.4) is 0 Å². The van der Waals surface area contributed by atoms with E-state index in [0.717, 1.165) is 11.3 Å². The summed E-state index contributed by atoms with van der Waals surface area (Å²) < 4.78 is 28.1. The third kappa shape index (κ3) is 4.38. The number of hydrogen-bond acceptors (Lipinski definition) is 3. The molecule has 4 heteroatoms. The summed E-state index contributed by atoms with van der Waals surface area (Å²) in [6.45, 7) is 6.15. The summed E-state index contributed by atoms with van der Waals surface area (Å²) in [6, 6.07) is 5.89. The summed E-state index contributed by atoms with van der Waals surface area (Å²) in [5.41, 5.74) is 2.30. The van der Waals surface area contributed by atoms with Crippen LogP contribution in [0.1, 0.15) is 24.5 Å². The van der Waals surface area contributed by atoms with Crippen LogP contribution in [0.2, 0.25) is 0 Å². The molecule has 0 bridgehead atoms. The maximum Gasteiger partial charge on any atom is 0.150 e. The Balaban J connectivity index is 2.44. The van der Waals surface area contributed by atoms with Gasteiger partial charge in [0.2, 0.25) is 0 Å². The lowest BCUT2D eigenvalue weighted by Gasteiger charge is -2.10. The molecule has 1 rings (SSSR count). The molecule has 0 saturated heterocycles. The molecule has 1 aromatic carbocycles. The van der Waals surface area contributed by atoms with Crippen LogP contribution in [-0.4, -0.2) is 26.5 Å². The Hall–Kier alpha value is -1.03. The van der Waals surface area contributed by atoms with Gasteiger partial charge in [0.05, 0.1) is 12.4 Å². The highest BCUT2D eigenvalue weighted by molar-refractivity contribution is 7.91. The number of aryl methyl sites for hydroxylation is 1. The second-order valence-corrected chi connectivity index (χ2v) is 6.61. The first-order valence-electron chi connectivity index (χ1n) is 5.85. The highest BCUT2D eigenvalue weighted by Crippen LogP contribution is 2.20. The van der Waals surface area contributed by atoms with Crippen molar-refractivity contribution < 1.29 is 13.2 Å². The standard InChI is InChI=1S/C13H20O3S/c1-4-17(14,15)10-6-9-16-13-8-5-7-11(2)12(13)3/h5,7-8H,4,6,9-10H2,1-3H3. The van der Waals surface area contributed by atoms with E-state index in [0.29, 0.717) is 13.0 Å². The molecule has 0 radical (unpaired) electrons. The monoisotopic (exact) mass is 256 g/mol. The van der Waals surface area contributed by atoms with Gasteiger partial charge in [-0.25, -0.2) is 8.42 Å². The average molecular weight is 256 g/mol. The molecule has 0 heterocycles. The van der Waals surface area contributed by atoms with Crippen LogP contribution < -0.4 is 4.74 Å². The topological polar surface area (TPSA) is 43.4 Å². The lowest BCUT2D eigenvalue weighted by Crippen LogP contribution is -2.12. The van der Waals surface area contributed by atoms with Gasteiger partial charge in [-0.15, -0.1) is 0 Å². The molecule has 0 aromatic heterocycles. The highest BCUT2D eigenvalue weighted by atomic mass is 32.2. The van der Waals surface area contributed by atoms with Crippen molar-refractivity contribution in [2.45, 2.75) is 27.2 Å². The van der Waals surface area contributed by atoms with Gasteiger partial charge in [-0.05, 0) is 37.5 Å². The lowest BCUT2D eigenvalue weighted by atomic mass is 10.1. The molecular weight excluding hydrogens is 236 g/mol. The SMILES string of the molecule is CCS(=O)(=O)CCCOc1cccc(C)c1C. The Bertz CT molecular complexity index is 464. The minimum Gasteiger partial charge on any atom is -0.493 e. The van der Waals surface area contributed by atoms with Crippen molar-refractivity contribution in [2.75, 3.05) is 18.1 Å². The third-order valence-electron chi connectivity index (χ3n) is 2.85. The number of rotatable bonds is 6. The zero-order chi connectivity index (χ0) is 12.9. The molecule has 0 fully saturated rings. The number of hydrogen-bond donors (Lipinski definition) is 0. The van der Waals surface area contributed by atoms with E-state index in [2.05, 4.69) is 0 Å². The van der Waals surface area contributed by atoms with E-state index in [1.165, 1.54) is 5.56 Å². The third-order valence-corrected chi connectivity index (χ3v) is 4.64. The average Bonchev–Trinajstić information content (AvgIpc) is 2.30. The highest BCUT2D eigenvalue weighted by Gasteiger charge is 2.07. The first-order valence-corrected chi connectivity index (χ1v) is 7.68. The molecule has 0 aliphatic rings. The van der Waals surface area contributed by atoms with Crippen molar-refractivity contribution in [3.63, 3.8) is 0 Å². The molecule has 3 nitrogen and oxygen atoms in total. The Kier molecular flexibility index (Phi) is 5.00. The van der Waals surface area contributed by atoms with Gasteiger partial charge in [0.25, 0.3) is 0 Å². The van der Waals surface area contributed by atoms with E-state index in [1.807, 2.05) is 32.0 Å². The van der Waals surface area contributed by atoms with Crippen LogP contribution in [0.25, 0.3) is 0 Å². The van der Waals surface area contributed by atoms with Crippen molar-refractivity contribution in [3.8, 4) is 5.75 Å². The van der Waals surface area contributed by atoms with Crippen LogP contribution in [0.15, 0.2) is 18.2 Å². The summed E-state index contributed by atoms with van der Waals surface area (Å²) in [7, 11) is -2.87. The molecule has 1 aromatic rings. The van der Waals surface area contributed by atoms with Crippen LogP contribution in [0.5, 0.6) is 5.75 Å². The zero-order valence-corrected chi connectivity index (χ0v) is 11.5. The van der Waals surface area contributed by atoms with Crippen molar-refractivity contribution in [2.24, 2.45) is 0 Å². The quantitative estimate of drug-likeness (QED) is 0.734. The number of sulfone groups is 1. The molecule has 96 valence electrons. The smallest absolute Gasteiger partial charge is 0.150 e. The lowest BCUT2D eigenvalue weighted by molar-refractivity contribution is 0.315. The molecule has 0 amide bonds. The summed E-state index contributed by atoms with van der Waals surface area (Å²) >= 11 is 0. The van der Waals surface area contributed by atoms with E-state index in [4.69, 9.17) is 4.74 Å². The van der Waals surface area contributed by atoms with E-state index in [1.54, 1.807) is 6.92 Å². The summed E-state index contributed by atoms with van der Waals surface area (Å²) in [6.07, 6.45) is 0.545. The zero-order valence-electron chi connectivity index (χ0n) is 10.7. The van der Waals surface area contributed by atoms with Crippen molar-refractivity contribution >= 4 is 9.84 Å². The van der Waals surface area contributed by atoms with Gasteiger partial charge in [0, 0.05) is 5.75 Å². The molecule has 0 saturated carbocycles. The Morgan fingerprint density at radius 2 is 1.94 bits per heavy atom. The van der Waals surface area contributed by atoms with E-state index >= 15 is 0 Å². The molecule has 0 aliphatic carbocycles. The molecule has 0 spiro atoms. The predicted octanol–water partition coefficient (Wildman–Crippen LogP) is 2.51. The Morgan fingerprint density at radius 3 is 2.59 bits per heavy atom. The summed E-state index contributed by atoms with van der Waals surface area (Å²) in [4.78, 5) is 0. The molecular formula is C13H20O3S. The van der Waals surface area contributed by atoms with Crippen LogP contribution in [0, 0.1) is 13.8 Å². The van der Waals surface area contributed by atoms with Crippen LogP contribution in [0.4, 0.5) is 0 Å². The maximum absolute atomic E-state index is 11.3. The van der Waals surface area contributed by atoms with Crippen molar-refractivity contribution in [3.05, 3.63) is 29.3 Å². The minimum atomic E-state index is -2.87. The first kappa shape index (κ1) is 14.0. The fraction of sp³-hybridized carbons (Fsp3) is 0.538. The Morgan fingerprint density at radius 1 is 1.24 bits per heavy atom. The van der Waals surface area contributed by atoms with Crippen molar-refractivity contribution in [1.29, 1.82) is 0 Å². The molecule has 0 N–H and O–H groups in total. The fourth-order valence-electron chi connectivity index (χ4n) is 1.49. The largest absolute Gasteiger partial charge is 0.493 e. The fourth-order valence-corrected chi connectivity index (χ4v) is 2.33. The number of ether oxygens (including phenoxy) is 1. The predicted molar refractivity (Wildman–Crippen MR) is 70.4 cm³/mol.